The molecule has 3 aliphatic rings. The first-order valence-electron chi connectivity index (χ1n) is 10.8. The lowest BCUT2D eigenvalue weighted by Gasteiger charge is -2.40. The number of H-pyrrole nitrogens is 1. The van der Waals surface area contributed by atoms with Gasteiger partial charge in [0.1, 0.15) is 11.2 Å². The molecule has 3 N–H and O–H groups in total. The number of hydrogen-bond donors (Lipinski definition) is 3. The van der Waals surface area contributed by atoms with Crippen LogP contribution >= 0.6 is 0 Å². The minimum Gasteiger partial charge on any atom is -0.381 e. The highest BCUT2D eigenvalue weighted by molar-refractivity contribution is 5.78. The number of carbonyl (C=O) groups is 1. The Bertz CT molecular complexity index is 991. The van der Waals surface area contributed by atoms with E-state index in [-0.39, 0.29) is 29.3 Å². The monoisotopic (exact) mass is 416 g/mol. The molecule has 162 valence electrons. The minimum atomic E-state index is -0.298. The maximum Gasteiger partial charge on any atom is 0.262 e. The Hall–Kier alpha value is -2.30. The van der Waals surface area contributed by atoms with Crippen molar-refractivity contribution >= 4 is 16.9 Å². The lowest BCUT2D eigenvalue weighted by molar-refractivity contribution is -0.138. The summed E-state index contributed by atoms with van der Waals surface area (Å²) in [5.41, 5.74) is 2.28. The molecule has 10 nitrogen and oxygen atoms in total. The number of carbonyl (C=O) groups excluding carboxylic acids is 1. The van der Waals surface area contributed by atoms with E-state index in [1.165, 1.54) is 0 Å². The van der Waals surface area contributed by atoms with Crippen LogP contribution in [-0.4, -0.2) is 68.1 Å². The van der Waals surface area contributed by atoms with Crippen LogP contribution in [0.3, 0.4) is 0 Å². The number of hydrogen-bond acceptors (Lipinski definition) is 7. The molecule has 2 atom stereocenters. The Morgan fingerprint density at radius 2 is 2.03 bits per heavy atom. The molecule has 1 aliphatic carbocycles. The fourth-order valence-corrected chi connectivity index (χ4v) is 5.18. The molecule has 0 bridgehead atoms. The van der Waals surface area contributed by atoms with Gasteiger partial charge in [0.25, 0.3) is 5.56 Å². The number of fused-ring (bicyclic) bond motifs is 1. The molecule has 5 rings (SSSR count). The first kappa shape index (κ1) is 19.7. The van der Waals surface area contributed by atoms with Crippen LogP contribution in [0.5, 0.6) is 0 Å². The average molecular weight is 416 g/mol. The van der Waals surface area contributed by atoms with Crippen LogP contribution in [-0.2, 0) is 9.53 Å². The lowest BCUT2D eigenvalue weighted by atomic mass is 9.79. The van der Waals surface area contributed by atoms with Gasteiger partial charge in [-0.15, -0.1) is 0 Å². The summed E-state index contributed by atoms with van der Waals surface area (Å²) in [6.45, 7) is 5.30. The van der Waals surface area contributed by atoms with E-state index in [1.54, 1.807) is 11.7 Å². The summed E-state index contributed by atoms with van der Waals surface area (Å²) >= 11 is 0. The number of nitrogens with zero attached hydrogens (tertiary/aromatic N) is 4. The van der Waals surface area contributed by atoms with Crippen LogP contribution < -0.4 is 11.0 Å². The summed E-state index contributed by atoms with van der Waals surface area (Å²) in [6, 6.07) is 0.545. The van der Waals surface area contributed by atoms with Gasteiger partial charge >= 0.3 is 0 Å². The average Bonchev–Trinajstić information content (AvgIpc) is 3.31. The maximum atomic E-state index is 12.7. The summed E-state index contributed by atoms with van der Waals surface area (Å²) in [4.78, 5) is 34.6. The predicted octanol–water partition coefficient (Wildman–Crippen LogP) is 0.790. The molecule has 1 saturated carbocycles. The van der Waals surface area contributed by atoms with Crippen LogP contribution in [0, 0.1) is 11.8 Å². The van der Waals surface area contributed by atoms with Gasteiger partial charge in [-0.2, -0.15) is 5.10 Å². The van der Waals surface area contributed by atoms with Gasteiger partial charge in [0, 0.05) is 44.2 Å². The molecule has 10 heteroatoms. The third-order valence-corrected chi connectivity index (χ3v) is 7.12. The Labute approximate surface area is 173 Å². The quantitative estimate of drug-likeness (QED) is 0.497. The number of ether oxygens (including phenoxy) is 1. The fourth-order valence-electron chi connectivity index (χ4n) is 5.18. The predicted molar refractivity (Wildman–Crippen MR) is 107 cm³/mol. The van der Waals surface area contributed by atoms with Gasteiger partial charge < -0.3 is 9.72 Å². The number of likely N-dealkylation sites (tertiary alicyclic amines) is 1. The van der Waals surface area contributed by atoms with Crippen molar-refractivity contribution in [3.8, 4) is 0 Å². The molecular formula is C20H28N6O4. The maximum absolute atomic E-state index is 12.7. The highest BCUT2D eigenvalue weighted by Crippen LogP contribution is 2.39. The minimum absolute atomic E-state index is 0.113. The van der Waals surface area contributed by atoms with Gasteiger partial charge in [-0.25, -0.2) is 15.1 Å². The van der Waals surface area contributed by atoms with Crippen molar-refractivity contribution in [1.29, 1.82) is 0 Å². The SMILES string of the molecule is CC1CN(C2CC(C(=O)NO)C2)CC1c1nc2c(cnn2C2CCOCC2)c(=O)[nH]1. The zero-order chi connectivity index (χ0) is 20.8. The molecule has 0 radical (unpaired) electrons. The topological polar surface area (TPSA) is 125 Å². The van der Waals surface area contributed by atoms with Crippen molar-refractivity contribution in [2.24, 2.45) is 11.8 Å². The van der Waals surface area contributed by atoms with Gasteiger partial charge in [-0.3, -0.25) is 19.7 Å². The van der Waals surface area contributed by atoms with E-state index < -0.39 is 0 Å². The molecule has 3 fully saturated rings. The molecule has 2 aliphatic heterocycles. The molecule has 0 aromatic carbocycles. The second-order valence-electron chi connectivity index (χ2n) is 8.96. The van der Waals surface area contributed by atoms with Crippen molar-refractivity contribution in [3.63, 3.8) is 0 Å². The number of amides is 1. The Kier molecular flexibility index (Phi) is 5.08. The van der Waals surface area contributed by atoms with Crippen LogP contribution in [0.25, 0.3) is 11.0 Å². The van der Waals surface area contributed by atoms with Crippen LogP contribution in [0.4, 0.5) is 0 Å². The summed E-state index contributed by atoms with van der Waals surface area (Å²) in [5, 5.41) is 13.8. The summed E-state index contributed by atoms with van der Waals surface area (Å²) < 4.78 is 7.36. The second-order valence-corrected chi connectivity index (χ2v) is 8.96. The summed E-state index contributed by atoms with van der Waals surface area (Å²) in [5.74, 6) is 0.784. The van der Waals surface area contributed by atoms with E-state index >= 15 is 0 Å². The number of aromatic amines is 1. The zero-order valence-corrected chi connectivity index (χ0v) is 17.1. The van der Waals surface area contributed by atoms with Crippen LogP contribution in [0.15, 0.2) is 11.0 Å². The Morgan fingerprint density at radius 1 is 1.27 bits per heavy atom. The molecule has 2 unspecified atom stereocenters. The first-order chi connectivity index (χ1) is 14.5. The first-order valence-corrected chi connectivity index (χ1v) is 10.8. The highest BCUT2D eigenvalue weighted by atomic mass is 16.5. The van der Waals surface area contributed by atoms with Crippen molar-refractivity contribution in [2.45, 2.75) is 50.6 Å². The Morgan fingerprint density at radius 3 is 2.77 bits per heavy atom. The van der Waals surface area contributed by atoms with Crippen molar-refractivity contribution in [3.05, 3.63) is 22.4 Å². The molecule has 2 aromatic rings. The van der Waals surface area contributed by atoms with Crippen molar-refractivity contribution in [2.75, 3.05) is 26.3 Å². The third-order valence-electron chi connectivity index (χ3n) is 7.12. The van der Waals surface area contributed by atoms with Crippen molar-refractivity contribution in [1.82, 2.24) is 30.1 Å². The summed E-state index contributed by atoms with van der Waals surface area (Å²) in [7, 11) is 0. The summed E-state index contributed by atoms with van der Waals surface area (Å²) in [6.07, 6.45) is 4.87. The van der Waals surface area contributed by atoms with Gasteiger partial charge in [0.2, 0.25) is 5.91 Å². The normalized spacial score (nSPS) is 30.5. The molecular weight excluding hydrogens is 388 g/mol. The lowest BCUT2D eigenvalue weighted by Crippen LogP contribution is -2.48. The molecule has 4 heterocycles. The van der Waals surface area contributed by atoms with Gasteiger partial charge in [-0.05, 0) is 31.6 Å². The molecule has 30 heavy (non-hydrogen) atoms. The van der Waals surface area contributed by atoms with E-state index in [0.29, 0.717) is 36.2 Å². The van der Waals surface area contributed by atoms with Crippen molar-refractivity contribution < 1.29 is 14.7 Å². The van der Waals surface area contributed by atoms with E-state index in [4.69, 9.17) is 14.9 Å². The molecule has 1 amide bonds. The number of hydroxylamine groups is 1. The van der Waals surface area contributed by atoms with E-state index in [2.05, 4.69) is 21.9 Å². The fraction of sp³-hybridized carbons (Fsp3) is 0.700. The molecule has 2 aromatic heterocycles. The van der Waals surface area contributed by atoms with Crippen LogP contribution in [0.2, 0.25) is 0 Å². The van der Waals surface area contributed by atoms with Gasteiger partial charge in [-0.1, -0.05) is 6.92 Å². The smallest absolute Gasteiger partial charge is 0.262 e. The van der Waals surface area contributed by atoms with Crippen LogP contribution in [0.1, 0.15) is 50.4 Å². The molecule has 2 saturated heterocycles. The number of nitrogens with one attached hydrogen (secondary N) is 2. The standard InChI is InChI=1S/C20H28N6O4/c1-11-9-25(14-6-12(7-14)19(27)24-29)10-16(11)17-22-18-15(20(28)23-17)8-21-26(18)13-2-4-30-5-3-13/h8,11-14,16,29H,2-7,9-10H2,1H3,(H,24,27)(H,22,23,28). The molecule has 0 spiro atoms. The largest absolute Gasteiger partial charge is 0.381 e. The highest BCUT2D eigenvalue weighted by Gasteiger charge is 2.43. The van der Waals surface area contributed by atoms with Gasteiger partial charge in [0.15, 0.2) is 5.65 Å². The Balaban J connectivity index is 1.37. The van der Waals surface area contributed by atoms with E-state index in [1.807, 2.05) is 4.68 Å². The number of rotatable bonds is 4. The van der Waals surface area contributed by atoms with E-state index in [9.17, 15) is 9.59 Å². The van der Waals surface area contributed by atoms with Gasteiger partial charge in [0.05, 0.1) is 12.2 Å². The zero-order valence-electron chi connectivity index (χ0n) is 17.1. The second kappa shape index (κ2) is 7.75. The van der Waals surface area contributed by atoms with E-state index in [0.717, 1.165) is 44.6 Å². The third kappa shape index (κ3) is 3.32. The number of aromatic nitrogens is 4.